The highest BCUT2D eigenvalue weighted by Crippen LogP contribution is 2.56. The number of para-hydroxylation sites is 6. The second-order valence-electron chi connectivity index (χ2n) is 13.9. The zero-order valence-corrected chi connectivity index (χ0v) is 28.0. The fraction of sp³-hybridized carbons (Fsp3) is 0.0426. The van der Waals surface area contributed by atoms with Crippen LogP contribution in [0, 0.1) is 0 Å². The van der Waals surface area contributed by atoms with E-state index < -0.39 is 0 Å². The third kappa shape index (κ3) is 3.74. The molecule has 244 valence electrons. The van der Waals surface area contributed by atoms with Crippen molar-refractivity contribution >= 4 is 60.6 Å². The highest BCUT2D eigenvalue weighted by Gasteiger charge is 2.47. The molecule has 2 atom stereocenters. The molecule has 2 aliphatic heterocycles. The molecule has 5 heteroatoms. The Morgan fingerprint density at radius 3 is 2.12 bits per heavy atom. The number of nitrogens with zero attached hydrogens (tertiary/aromatic N) is 4. The standard InChI is InChI=1S/C47H30N4O/c1-2-13-31(14-3-1)49-39-19-9-5-15-33(39)35-27-42-36(28-41(35)49)45-34-16-6-11-21-44(34)52-47(45)50(42)32-24-22-29(23-25-32)46-43-26-30-12-4-8-18-38(30)51(43)40-20-10-7-17-37(40)48-46/h1-28,45,47H. The van der Waals surface area contributed by atoms with Crippen molar-refractivity contribution in [2.24, 2.45) is 0 Å². The van der Waals surface area contributed by atoms with E-state index in [0.29, 0.717) is 0 Å². The molecule has 12 rings (SSSR count). The third-order valence-electron chi connectivity index (χ3n) is 11.2. The summed E-state index contributed by atoms with van der Waals surface area (Å²) in [6.45, 7) is 0. The van der Waals surface area contributed by atoms with E-state index in [4.69, 9.17) is 9.72 Å². The molecule has 0 N–H and O–H groups in total. The Kier molecular flexibility index (Phi) is 5.55. The normalized spacial score (nSPS) is 16.2. The van der Waals surface area contributed by atoms with Gasteiger partial charge in [0.05, 0.1) is 44.7 Å². The summed E-state index contributed by atoms with van der Waals surface area (Å²) in [5.74, 6) is 1.03. The van der Waals surface area contributed by atoms with E-state index in [1.165, 1.54) is 49.5 Å². The van der Waals surface area contributed by atoms with E-state index in [9.17, 15) is 0 Å². The Labute approximate surface area is 299 Å². The van der Waals surface area contributed by atoms with E-state index in [0.717, 1.165) is 44.9 Å². The maximum Gasteiger partial charge on any atom is 0.187 e. The van der Waals surface area contributed by atoms with Crippen LogP contribution in [-0.4, -0.2) is 20.2 Å². The molecule has 2 unspecified atom stereocenters. The minimum absolute atomic E-state index is 0.0763. The van der Waals surface area contributed by atoms with Gasteiger partial charge in [-0.05, 0) is 78.4 Å². The number of benzene rings is 7. The topological polar surface area (TPSA) is 34.7 Å². The minimum atomic E-state index is -0.192. The first-order chi connectivity index (χ1) is 25.8. The smallest absolute Gasteiger partial charge is 0.187 e. The van der Waals surface area contributed by atoms with E-state index in [-0.39, 0.29) is 12.1 Å². The molecule has 3 aromatic heterocycles. The van der Waals surface area contributed by atoms with Crippen molar-refractivity contribution in [2.75, 3.05) is 4.90 Å². The second-order valence-corrected chi connectivity index (χ2v) is 13.9. The van der Waals surface area contributed by atoms with Crippen molar-refractivity contribution in [3.05, 3.63) is 181 Å². The summed E-state index contributed by atoms with van der Waals surface area (Å²) in [7, 11) is 0. The van der Waals surface area contributed by atoms with Gasteiger partial charge in [0.15, 0.2) is 6.23 Å². The lowest BCUT2D eigenvalue weighted by Crippen LogP contribution is -2.32. The number of hydrogen-bond donors (Lipinski definition) is 0. The molecule has 2 aliphatic rings. The molecule has 10 aromatic rings. The summed E-state index contributed by atoms with van der Waals surface area (Å²) >= 11 is 0. The number of rotatable bonds is 3. The molecule has 0 bridgehead atoms. The molecule has 7 aromatic carbocycles. The summed E-state index contributed by atoms with van der Waals surface area (Å²) in [5.41, 5.74) is 14.8. The molecule has 0 amide bonds. The van der Waals surface area contributed by atoms with Crippen LogP contribution in [0.3, 0.4) is 0 Å². The van der Waals surface area contributed by atoms with Crippen molar-refractivity contribution < 1.29 is 4.74 Å². The van der Waals surface area contributed by atoms with Crippen LogP contribution >= 0.6 is 0 Å². The van der Waals surface area contributed by atoms with E-state index in [1.54, 1.807) is 0 Å². The molecule has 0 saturated heterocycles. The van der Waals surface area contributed by atoms with Crippen molar-refractivity contribution in [3.63, 3.8) is 0 Å². The molecular formula is C47H30N4O. The summed E-state index contributed by atoms with van der Waals surface area (Å²) in [6.07, 6.45) is -0.192. The van der Waals surface area contributed by atoms with Crippen LogP contribution in [0.5, 0.6) is 5.75 Å². The van der Waals surface area contributed by atoms with E-state index in [2.05, 4.69) is 184 Å². The third-order valence-corrected chi connectivity index (χ3v) is 11.2. The first-order valence-corrected chi connectivity index (χ1v) is 17.9. The molecule has 0 aliphatic carbocycles. The molecule has 52 heavy (non-hydrogen) atoms. The molecule has 0 radical (unpaired) electrons. The number of hydrogen-bond acceptors (Lipinski definition) is 3. The molecule has 5 heterocycles. The van der Waals surface area contributed by atoms with Crippen LogP contribution in [0.1, 0.15) is 17.0 Å². The van der Waals surface area contributed by atoms with Gasteiger partial charge in [0.25, 0.3) is 0 Å². The monoisotopic (exact) mass is 666 g/mol. The molecule has 5 nitrogen and oxygen atoms in total. The SMILES string of the molecule is c1ccc(-n2c3ccccc3c3cc4c(cc32)C2c3ccccc3OC2N4c2ccc(-c3nc4ccccc4n4c3cc3ccccc34)cc2)cc1. The van der Waals surface area contributed by atoms with E-state index in [1.807, 2.05) is 0 Å². The van der Waals surface area contributed by atoms with Gasteiger partial charge >= 0.3 is 0 Å². The number of ether oxygens (including phenoxy) is 1. The Balaban J connectivity index is 1.06. The van der Waals surface area contributed by atoms with Gasteiger partial charge in [-0.1, -0.05) is 97.1 Å². The van der Waals surface area contributed by atoms with Gasteiger partial charge in [0.2, 0.25) is 0 Å². The van der Waals surface area contributed by atoms with Gasteiger partial charge < -0.3 is 18.6 Å². The number of fused-ring (bicyclic) bond motifs is 13. The lowest BCUT2D eigenvalue weighted by Gasteiger charge is -2.27. The van der Waals surface area contributed by atoms with Crippen molar-refractivity contribution in [1.29, 1.82) is 0 Å². The lowest BCUT2D eigenvalue weighted by atomic mass is 9.92. The fourth-order valence-corrected chi connectivity index (χ4v) is 8.98. The summed E-state index contributed by atoms with van der Waals surface area (Å²) < 4.78 is 11.6. The number of aromatic nitrogens is 3. The van der Waals surface area contributed by atoms with Crippen LogP contribution < -0.4 is 9.64 Å². The van der Waals surface area contributed by atoms with Crippen LogP contribution in [0.4, 0.5) is 11.4 Å². The second kappa shape index (κ2) is 10.3. The van der Waals surface area contributed by atoms with Gasteiger partial charge in [0.1, 0.15) is 5.75 Å². The minimum Gasteiger partial charge on any atom is -0.469 e. The zero-order chi connectivity index (χ0) is 33.9. The zero-order valence-electron chi connectivity index (χ0n) is 28.0. The van der Waals surface area contributed by atoms with Crippen molar-refractivity contribution in [2.45, 2.75) is 12.1 Å². The maximum atomic E-state index is 6.84. The largest absolute Gasteiger partial charge is 0.469 e. The Morgan fingerprint density at radius 1 is 0.500 bits per heavy atom. The molecule has 0 fully saturated rings. The first-order valence-electron chi connectivity index (χ1n) is 17.9. The average Bonchev–Trinajstić information content (AvgIpc) is 3.94. The quantitative estimate of drug-likeness (QED) is 0.188. The highest BCUT2D eigenvalue weighted by atomic mass is 16.5. The van der Waals surface area contributed by atoms with Crippen molar-refractivity contribution in [1.82, 2.24) is 14.0 Å². The molecule has 0 saturated carbocycles. The highest BCUT2D eigenvalue weighted by molar-refractivity contribution is 6.11. The summed E-state index contributed by atoms with van der Waals surface area (Å²) in [4.78, 5) is 7.65. The Morgan fingerprint density at radius 2 is 1.23 bits per heavy atom. The van der Waals surface area contributed by atoms with Gasteiger partial charge in [0, 0.05) is 44.3 Å². The predicted octanol–water partition coefficient (Wildman–Crippen LogP) is 11.4. The fourth-order valence-electron chi connectivity index (χ4n) is 8.98. The van der Waals surface area contributed by atoms with Gasteiger partial charge in [-0.2, -0.15) is 0 Å². The van der Waals surface area contributed by atoms with Crippen LogP contribution in [0.25, 0.3) is 66.2 Å². The number of anilines is 2. The molecular weight excluding hydrogens is 637 g/mol. The van der Waals surface area contributed by atoms with Crippen LogP contribution in [0.15, 0.2) is 170 Å². The lowest BCUT2D eigenvalue weighted by molar-refractivity contribution is 0.234. The maximum absolute atomic E-state index is 6.84. The predicted molar refractivity (Wildman–Crippen MR) is 211 cm³/mol. The Hall–Kier alpha value is -6.85. The van der Waals surface area contributed by atoms with E-state index >= 15 is 0 Å². The van der Waals surface area contributed by atoms with Crippen LogP contribution in [0.2, 0.25) is 0 Å². The first kappa shape index (κ1) is 27.9. The van der Waals surface area contributed by atoms with Gasteiger partial charge in [-0.25, -0.2) is 4.98 Å². The summed E-state index contributed by atoms with van der Waals surface area (Å²) in [5, 5.41) is 3.68. The average molecular weight is 667 g/mol. The van der Waals surface area contributed by atoms with Crippen LogP contribution in [-0.2, 0) is 0 Å². The van der Waals surface area contributed by atoms with Gasteiger partial charge in [-0.3, -0.25) is 0 Å². The van der Waals surface area contributed by atoms with Gasteiger partial charge in [-0.15, -0.1) is 0 Å². The summed E-state index contributed by atoms with van der Waals surface area (Å²) in [6, 6.07) is 61.0. The Bertz CT molecular complexity index is 3070. The molecule has 0 spiro atoms. The van der Waals surface area contributed by atoms with Crippen molar-refractivity contribution in [3.8, 4) is 22.7 Å².